The summed E-state index contributed by atoms with van der Waals surface area (Å²) >= 11 is 0. The summed E-state index contributed by atoms with van der Waals surface area (Å²) in [5.41, 5.74) is 6.18. The summed E-state index contributed by atoms with van der Waals surface area (Å²) in [4.78, 5) is 0. The lowest BCUT2D eigenvalue weighted by atomic mass is 9.85. The van der Waals surface area contributed by atoms with Crippen LogP contribution in [0, 0.1) is 5.92 Å². The molecule has 3 N–H and O–H groups in total. The van der Waals surface area contributed by atoms with E-state index in [0.29, 0.717) is 12.8 Å². The van der Waals surface area contributed by atoms with Gasteiger partial charge in [-0.2, -0.15) is 0 Å². The van der Waals surface area contributed by atoms with Gasteiger partial charge in [0, 0.05) is 27.3 Å². The molecule has 4 heteroatoms. The van der Waals surface area contributed by atoms with Crippen molar-refractivity contribution < 1.29 is 4.74 Å². The Bertz CT molecular complexity index is 225. The Balaban J connectivity index is 1.93. The summed E-state index contributed by atoms with van der Waals surface area (Å²) in [5.74, 6) is 0.873. The van der Waals surface area contributed by atoms with Crippen LogP contribution in [0.1, 0.15) is 38.5 Å². The molecule has 0 heterocycles. The molecule has 0 aromatic rings. The molecule has 1 fully saturated rings. The van der Waals surface area contributed by atoms with Gasteiger partial charge in [0.25, 0.3) is 0 Å². The van der Waals surface area contributed by atoms with Gasteiger partial charge >= 0.3 is 0 Å². The van der Waals surface area contributed by atoms with Crippen LogP contribution in [0.15, 0.2) is 0 Å². The topological polar surface area (TPSA) is 47.3 Å². The lowest BCUT2D eigenvalue weighted by molar-refractivity contribution is 0.126. The van der Waals surface area contributed by atoms with Gasteiger partial charge in [0.2, 0.25) is 0 Å². The fourth-order valence-corrected chi connectivity index (χ4v) is 3.46. The number of ether oxygens (including phenoxy) is 1. The Morgan fingerprint density at radius 3 is 2.53 bits per heavy atom. The van der Waals surface area contributed by atoms with Gasteiger partial charge in [0.05, 0.1) is 6.73 Å². The van der Waals surface area contributed by atoms with E-state index in [1.54, 1.807) is 0 Å². The monoisotopic (exact) mass is 286 g/mol. The van der Waals surface area contributed by atoms with Crippen LogP contribution in [0.2, 0.25) is 25.7 Å². The summed E-state index contributed by atoms with van der Waals surface area (Å²) in [7, 11) is -0.946. The van der Waals surface area contributed by atoms with E-state index in [9.17, 15) is 0 Å². The Kier molecular flexibility index (Phi) is 8.22. The molecule has 1 aliphatic rings. The van der Waals surface area contributed by atoms with Crippen molar-refractivity contribution in [2.24, 2.45) is 11.7 Å². The molecule has 0 bridgehead atoms. The largest absolute Gasteiger partial charge is 0.367 e. The number of hydrogen-bond acceptors (Lipinski definition) is 3. The Hall–Kier alpha value is 0.0969. The summed E-state index contributed by atoms with van der Waals surface area (Å²) in [6.07, 6.45) is 8.20. The van der Waals surface area contributed by atoms with Crippen molar-refractivity contribution in [3.8, 4) is 0 Å². The van der Waals surface area contributed by atoms with Crippen LogP contribution in [0.25, 0.3) is 0 Å². The zero-order valence-corrected chi connectivity index (χ0v) is 14.2. The maximum absolute atomic E-state index is 6.18. The molecule has 0 aromatic heterocycles. The van der Waals surface area contributed by atoms with Crippen LogP contribution < -0.4 is 11.1 Å². The van der Waals surface area contributed by atoms with Gasteiger partial charge in [-0.25, -0.2) is 0 Å². The van der Waals surface area contributed by atoms with Crippen molar-refractivity contribution in [1.29, 1.82) is 0 Å². The Morgan fingerprint density at radius 2 is 1.89 bits per heavy atom. The molecule has 0 radical (unpaired) electrons. The number of rotatable bonds is 9. The van der Waals surface area contributed by atoms with Crippen LogP contribution in [0.3, 0.4) is 0 Å². The lowest BCUT2D eigenvalue weighted by Crippen LogP contribution is -2.37. The van der Waals surface area contributed by atoms with Crippen molar-refractivity contribution in [2.45, 2.75) is 70.3 Å². The number of nitrogens with one attached hydrogen (secondary N) is 1. The second-order valence-electron chi connectivity index (χ2n) is 7.32. The molecule has 0 aliphatic heterocycles. The summed E-state index contributed by atoms with van der Waals surface area (Å²) in [6, 6.07) is 1.53. The highest BCUT2D eigenvalue weighted by Crippen LogP contribution is 2.26. The molecule has 0 saturated heterocycles. The van der Waals surface area contributed by atoms with Crippen LogP contribution >= 0.6 is 0 Å². The summed E-state index contributed by atoms with van der Waals surface area (Å²) < 4.78 is 5.62. The minimum atomic E-state index is -0.946. The van der Waals surface area contributed by atoms with Crippen molar-refractivity contribution >= 4 is 8.07 Å². The third kappa shape index (κ3) is 9.60. The highest BCUT2D eigenvalue weighted by molar-refractivity contribution is 6.76. The van der Waals surface area contributed by atoms with Gasteiger partial charge in [0.1, 0.15) is 0 Å². The van der Waals surface area contributed by atoms with E-state index in [-0.39, 0.29) is 0 Å². The van der Waals surface area contributed by atoms with Gasteiger partial charge in [-0.1, -0.05) is 51.7 Å². The maximum atomic E-state index is 6.18. The third-order valence-electron chi connectivity index (χ3n) is 3.97. The van der Waals surface area contributed by atoms with E-state index in [0.717, 1.165) is 19.1 Å². The van der Waals surface area contributed by atoms with Gasteiger partial charge in [0.15, 0.2) is 0 Å². The second-order valence-corrected chi connectivity index (χ2v) is 12.9. The van der Waals surface area contributed by atoms with E-state index < -0.39 is 8.07 Å². The quantitative estimate of drug-likeness (QED) is 0.389. The molecule has 0 amide bonds. The van der Waals surface area contributed by atoms with Crippen molar-refractivity contribution in [3.05, 3.63) is 0 Å². The lowest BCUT2D eigenvalue weighted by Gasteiger charge is -2.24. The van der Waals surface area contributed by atoms with Gasteiger partial charge in [-0.05, 0) is 18.4 Å². The minimum Gasteiger partial charge on any atom is -0.367 e. The smallest absolute Gasteiger partial charge is 0.0965 e. The average molecular weight is 287 g/mol. The first kappa shape index (κ1) is 17.1. The van der Waals surface area contributed by atoms with Gasteiger partial charge in [-0.15, -0.1) is 0 Å². The van der Waals surface area contributed by atoms with Gasteiger partial charge < -0.3 is 10.5 Å². The molecule has 1 rings (SSSR count). The molecular weight excluding hydrogens is 252 g/mol. The molecule has 0 unspecified atom stereocenters. The fourth-order valence-electron chi connectivity index (χ4n) is 2.70. The zero-order valence-electron chi connectivity index (χ0n) is 13.2. The number of nitrogens with two attached hydrogens (primary N) is 1. The Morgan fingerprint density at radius 1 is 1.21 bits per heavy atom. The predicted octanol–water partition coefficient (Wildman–Crippen LogP) is 3.19. The van der Waals surface area contributed by atoms with Gasteiger partial charge in [-0.3, -0.25) is 5.32 Å². The summed E-state index contributed by atoms with van der Waals surface area (Å²) in [5, 5.41) is 3.33. The highest BCUT2D eigenvalue weighted by Gasteiger charge is 2.16. The van der Waals surface area contributed by atoms with Crippen molar-refractivity contribution in [1.82, 2.24) is 5.32 Å². The van der Waals surface area contributed by atoms with E-state index in [1.807, 2.05) is 0 Å². The SMILES string of the molecule is C[Si](C)(C)CCOCNC[C@@H](N)CC1CCCCC1. The zero-order chi connectivity index (χ0) is 14.1. The molecule has 3 nitrogen and oxygen atoms in total. The van der Waals surface area contributed by atoms with Crippen LogP contribution in [-0.2, 0) is 4.74 Å². The van der Waals surface area contributed by atoms with E-state index >= 15 is 0 Å². The van der Waals surface area contributed by atoms with Crippen molar-refractivity contribution in [2.75, 3.05) is 19.9 Å². The Labute approximate surface area is 120 Å². The molecule has 114 valence electrons. The first-order chi connectivity index (χ1) is 8.97. The van der Waals surface area contributed by atoms with Crippen LogP contribution in [0.5, 0.6) is 0 Å². The molecule has 1 saturated carbocycles. The van der Waals surface area contributed by atoms with Crippen LogP contribution in [-0.4, -0.2) is 34.0 Å². The third-order valence-corrected chi connectivity index (χ3v) is 5.67. The summed E-state index contributed by atoms with van der Waals surface area (Å²) in [6.45, 7) is 9.57. The van der Waals surface area contributed by atoms with E-state index in [1.165, 1.54) is 44.6 Å². The maximum Gasteiger partial charge on any atom is 0.0965 e. The van der Waals surface area contributed by atoms with E-state index in [4.69, 9.17) is 10.5 Å². The first-order valence-electron chi connectivity index (χ1n) is 8.01. The first-order valence-corrected chi connectivity index (χ1v) is 11.7. The fraction of sp³-hybridized carbons (Fsp3) is 1.00. The standard InChI is InChI=1S/C15H34N2OSi/c1-19(2,3)10-9-18-13-17-12-15(16)11-14-7-5-4-6-8-14/h14-15,17H,4-13,16H2,1-3H3/t15-/m0/s1. The van der Waals surface area contributed by atoms with E-state index in [2.05, 4.69) is 25.0 Å². The molecule has 1 atom stereocenters. The van der Waals surface area contributed by atoms with Crippen molar-refractivity contribution in [3.63, 3.8) is 0 Å². The normalized spacial score (nSPS) is 19.6. The minimum absolute atomic E-state index is 0.295. The average Bonchev–Trinajstić information content (AvgIpc) is 2.33. The highest BCUT2D eigenvalue weighted by atomic mass is 28.3. The molecule has 0 spiro atoms. The molecule has 1 aliphatic carbocycles. The molecular formula is C15H34N2OSi. The van der Waals surface area contributed by atoms with Crippen LogP contribution in [0.4, 0.5) is 0 Å². The molecule has 19 heavy (non-hydrogen) atoms. The predicted molar refractivity (Wildman–Crippen MR) is 86.1 cm³/mol. The second kappa shape index (κ2) is 9.11. The molecule has 0 aromatic carbocycles. The number of hydrogen-bond donors (Lipinski definition) is 2.